The van der Waals surface area contributed by atoms with Gasteiger partial charge in [0, 0.05) is 18.2 Å². The van der Waals surface area contributed by atoms with E-state index in [4.69, 9.17) is 9.47 Å². The van der Waals surface area contributed by atoms with Crippen molar-refractivity contribution in [2.24, 2.45) is 5.92 Å². The van der Waals surface area contributed by atoms with E-state index in [0.29, 0.717) is 18.5 Å². The number of esters is 1. The topological polar surface area (TPSA) is 105 Å². The number of phenols is 1. The van der Waals surface area contributed by atoms with E-state index in [1.807, 2.05) is 71.0 Å². The molecule has 0 aromatic heterocycles. The number of carbonyl (C=O) groups excluding carboxylic acids is 3. The summed E-state index contributed by atoms with van der Waals surface area (Å²) >= 11 is 0. The Bertz CT molecular complexity index is 1820. The average molecular weight is 661 g/mol. The van der Waals surface area contributed by atoms with Crippen LogP contribution in [0.1, 0.15) is 80.7 Å². The first-order valence-corrected chi connectivity index (χ1v) is 17.0. The molecule has 0 saturated heterocycles. The molecule has 0 saturated carbocycles. The number of amides is 2. The molecule has 2 N–H and O–H groups in total. The normalized spacial score (nSPS) is 16.6. The van der Waals surface area contributed by atoms with Crippen molar-refractivity contribution in [2.75, 3.05) is 11.9 Å². The number of benzene rings is 4. The predicted octanol–water partition coefficient (Wildman–Crippen LogP) is 8.18. The van der Waals surface area contributed by atoms with Gasteiger partial charge in [0.2, 0.25) is 5.91 Å². The summed E-state index contributed by atoms with van der Waals surface area (Å²) in [5.74, 6) is -1.25. The summed E-state index contributed by atoms with van der Waals surface area (Å²) in [4.78, 5) is 42.8. The Kier molecular flexibility index (Phi) is 9.50. The molecular weight excluding hydrogens is 616 g/mol. The summed E-state index contributed by atoms with van der Waals surface area (Å²) in [7, 11) is 0. The van der Waals surface area contributed by atoms with Gasteiger partial charge in [-0.1, -0.05) is 87.0 Å². The van der Waals surface area contributed by atoms with E-state index < -0.39 is 29.6 Å². The lowest BCUT2D eigenvalue weighted by atomic mass is 9.82. The van der Waals surface area contributed by atoms with Crippen LogP contribution in [0.15, 0.2) is 91.0 Å². The van der Waals surface area contributed by atoms with Crippen molar-refractivity contribution in [3.05, 3.63) is 119 Å². The SMILES string of the molecule is CC[C@H](C)[C@@H](C(=O)OC(C)(C)C)N1Cc2cc(NC(=O)OCC3c4ccccc4-c4ccccc43)ccc2[C@H](Cc2ccc(O)cc2)C1=O. The molecule has 2 amide bonds. The maximum atomic E-state index is 14.3. The highest BCUT2D eigenvalue weighted by atomic mass is 16.6. The molecule has 254 valence electrons. The van der Waals surface area contributed by atoms with Gasteiger partial charge in [0.1, 0.15) is 24.0 Å². The fourth-order valence-corrected chi connectivity index (χ4v) is 7.06. The van der Waals surface area contributed by atoms with Crippen LogP contribution in [0.4, 0.5) is 10.5 Å². The third kappa shape index (κ3) is 7.19. The van der Waals surface area contributed by atoms with E-state index in [1.165, 1.54) is 0 Å². The van der Waals surface area contributed by atoms with Gasteiger partial charge in [-0.25, -0.2) is 9.59 Å². The molecule has 8 nitrogen and oxygen atoms in total. The third-order valence-electron chi connectivity index (χ3n) is 9.57. The number of nitrogens with one attached hydrogen (secondary N) is 1. The molecule has 0 spiro atoms. The van der Waals surface area contributed by atoms with Crippen LogP contribution in [0, 0.1) is 5.92 Å². The van der Waals surface area contributed by atoms with Crippen molar-refractivity contribution in [2.45, 2.75) is 77.5 Å². The molecule has 0 bridgehead atoms. The molecule has 1 heterocycles. The van der Waals surface area contributed by atoms with Crippen molar-refractivity contribution in [1.82, 2.24) is 4.90 Å². The van der Waals surface area contributed by atoms with Gasteiger partial charge in [-0.2, -0.15) is 0 Å². The second-order valence-corrected chi connectivity index (χ2v) is 14.1. The Morgan fingerprint density at radius 2 is 1.53 bits per heavy atom. The summed E-state index contributed by atoms with van der Waals surface area (Å²) in [5.41, 5.74) is 6.94. The van der Waals surface area contributed by atoms with Crippen molar-refractivity contribution in [3.63, 3.8) is 0 Å². The molecule has 1 aliphatic heterocycles. The zero-order valence-corrected chi connectivity index (χ0v) is 28.7. The predicted molar refractivity (Wildman–Crippen MR) is 189 cm³/mol. The minimum atomic E-state index is -0.786. The summed E-state index contributed by atoms with van der Waals surface area (Å²) in [5, 5.41) is 12.7. The van der Waals surface area contributed by atoms with Gasteiger partial charge >= 0.3 is 12.1 Å². The minimum absolute atomic E-state index is 0.0627. The Morgan fingerprint density at radius 3 is 2.14 bits per heavy atom. The van der Waals surface area contributed by atoms with E-state index in [1.54, 1.807) is 35.2 Å². The number of carbonyl (C=O) groups is 3. The summed E-state index contributed by atoms with van der Waals surface area (Å²) in [6.45, 7) is 9.79. The molecule has 6 rings (SSSR count). The van der Waals surface area contributed by atoms with E-state index >= 15 is 0 Å². The first-order chi connectivity index (χ1) is 23.4. The summed E-state index contributed by atoms with van der Waals surface area (Å²) in [6.07, 6.45) is 0.480. The lowest BCUT2D eigenvalue weighted by molar-refractivity contribution is -0.168. The third-order valence-corrected chi connectivity index (χ3v) is 9.57. The number of rotatable bonds is 9. The molecule has 8 heteroatoms. The standard InChI is InChI=1S/C41H44N2O6/c1-6-25(2)37(39(46)49-41(3,4)5)43-23-27-22-28(17-20-30(27)35(38(43)45)21-26-15-18-29(44)19-16-26)42-40(47)48-24-36-33-13-9-7-11-31(33)32-12-8-10-14-34(32)36/h7-20,22,25,35-37,44H,6,21,23-24H2,1-5H3,(H,42,47)/t25-,35-,37-/m0/s1. The lowest BCUT2D eigenvalue weighted by Gasteiger charge is -2.41. The summed E-state index contributed by atoms with van der Waals surface area (Å²) in [6, 6.07) is 27.9. The molecule has 4 aromatic rings. The molecule has 1 aliphatic carbocycles. The quantitative estimate of drug-likeness (QED) is 0.176. The Hall–Kier alpha value is -5.11. The molecule has 4 aromatic carbocycles. The first-order valence-electron chi connectivity index (χ1n) is 17.0. The van der Waals surface area contributed by atoms with Gasteiger partial charge in [0.15, 0.2) is 0 Å². The molecule has 3 atom stereocenters. The van der Waals surface area contributed by atoms with E-state index in [9.17, 15) is 19.5 Å². The maximum absolute atomic E-state index is 14.3. The smallest absolute Gasteiger partial charge is 0.411 e. The number of aromatic hydroxyl groups is 1. The Balaban J connectivity index is 1.26. The summed E-state index contributed by atoms with van der Waals surface area (Å²) < 4.78 is 11.6. The van der Waals surface area contributed by atoms with Gasteiger partial charge in [0.05, 0.1) is 5.92 Å². The number of nitrogens with zero attached hydrogens (tertiary/aromatic N) is 1. The van der Waals surface area contributed by atoms with Crippen LogP contribution in [0.25, 0.3) is 11.1 Å². The maximum Gasteiger partial charge on any atom is 0.411 e. The molecule has 0 fully saturated rings. The zero-order valence-electron chi connectivity index (χ0n) is 28.7. The number of hydrogen-bond acceptors (Lipinski definition) is 6. The molecule has 0 unspecified atom stereocenters. The second-order valence-electron chi connectivity index (χ2n) is 14.1. The first kappa shape index (κ1) is 33.8. The van der Waals surface area contributed by atoms with Crippen LogP contribution >= 0.6 is 0 Å². The number of anilines is 1. The van der Waals surface area contributed by atoms with Gasteiger partial charge in [0.25, 0.3) is 0 Å². The Morgan fingerprint density at radius 1 is 0.898 bits per heavy atom. The highest BCUT2D eigenvalue weighted by Crippen LogP contribution is 2.44. The van der Waals surface area contributed by atoms with Crippen LogP contribution in [-0.4, -0.2) is 46.2 Å². The zero-order chi connectivity index (χ0) is 34.9. The molecule has 49 heavy (non-hydrogen) atoms. The second kappa shape index (κ2) is 13.8. The van der Waals surface area contributed by atoms with Crippen LogP contribution in [0.3, 0.4) is 0 Å². The van der Waals surface area contributed by atoms with Crippen LogP contribution in [-0.2, 0) is 32.0 Å². The highest BCUT2D eigenvalue weighted by Gasteiger charge is 2.43. The largest absolute Gasteiger partial charge is 0.508 e. The van der Waals surface area contributed by atoms with Gasteiger partial charge in [-0.15, -0.1) is 0 Å². The number of phenolic OH excluding ortho intramolecular Hbond substituents is 1. The van der Waals surface area contributed by atoms with Crippen LogP contribution in [0.2, 0.25) is 0 Å². The van der Waals surface area contributed by atoms with E-state index in [2.05, 4.69) is 29.6 Å². The minimum Gasteiger partial charge on any atom is -0.508 e. The number of hydrogen-bond donors (Lipinski definition) is 2. The number of fused-ring (bicyclic) bond motifs is 4. The fraction of sp³-hybridized carbons (Fsp3) is 0.341. The van der Waals surface area contributed by atoms with Gasteiger partial charge in [-0.05, 0) is 96.3 Å². The molecule has 0 radical (unpaired) electrons. The fourth-order valence-electron chi connectivity index (χ4n) is 7.06. The molecular formula is C41H44N2O6. The van der Waals surface area contributed by atoms with E-state index in [0.717, 1.165) is 38.9 Å². The molecule has 2 aliphatic rings. The lowest BCUT2D eigenvalue weighted by Crippen LogP contribution is -2.53. The van der Waals surface area contributed by atoms with Crippen LogP contribution in [0.5, 0.6) is 5.75 Å². The van der Waals surface area contributed by atoms with E-state index in [-0.39, 0.29) is 36.6 Å². The van der Waals surface area contributed by atoms with Crippen molar-refractivity contribution < 1.29 is 29.0 Å². The van der Waals surface area contributed by atoms with Gasteiger partial charge < -0.3 is 19.5 Å². The van der Waals surface area contributed by atoms with Crippen molar-refractivity contribution in [3.8, 4) is 16.9 Å². The average Bonchev–Trinajstić information content (AvgIpc) is 3.39. The Labute approximate surface area is 288 Å². The number of ether oxygens (including phenoxy) is 2. The highest BCUT2D eigenvalue weighted by molar-refractivity contribution is 5.92. The van der Waals surface area contributed by atoms with Crippen molar-refractivity contribution in [1.29, 1.82) is 0 Å². The van der Waals surface area contributed by atoms with Crippen LogP contribution < -0.4 is 5.32 Å². The monoisotopic (exact) mass is 660 g/mol. The van der Waals surface area contributed by atoms with Gasteiger partial charge in [-0.3, -0.25) is 10.1 Å². The van der Waals surface area contributed by atoms with Crippen molar-refractivity contribution >= 4 is 23.7 Å².